The zero-order valence-corrected chi connectivity index (χ0v) is 16.8. The molecule has 0 amide bonds. The van der Waals surface area contributed by atoms with Crippen molar-refractivity contribution in [2.24, 2.45) is 0 Å². The van der Waals surface area contributed by atoms with Crippen LogP contribution in [-0.2, 0) is 6.42 Å². The molecule has 0 fully saturated rings. The summed E-state index contributed by atoms with van der Waals surface area (Å²) in [6.45, 7) is 5.92. The number of nitrogens with zero attached hydrogens (tertiary/aromatic N) is 3. The van der Waals surface area contributed by atoms with E-state index in [0.717, 1.165) is 20.8 Å². The van der Waals surface area contributed by atoms with Crippen LogP contribution in [0.15, 0.2) is 44.8 Å². The maximum atomic E-state index is 12.4. The molecular weight excluding hydrogens is 380 g/mol. The van der Waals surface area contributed by atoms with Gasteiger partial charge in [0.25, 0.3) is 10.8 Å². The van der Waals surface area contributed by atoms with Crippen molar-refractivity contribution in [1.82, 2.24) is 20.2 Å². The second kappa shape index (κ2) is 7.28. The quantitative estimate of drug-likeness (QED) is 0.501. The van der Waals surface area contributed by atoms with Crippen molar-refractivity contribution >= 4 is 33.3 Å². The van der Waals surface area contributed by atoms with Crippen LogP contribution in [0.5, 0.6) is 0 Å². The fourth-order valence-corrected chi connectivity index (χ4v) is 4.59. The van der Waals surface area contributed by atoms with Gasteiger partial charge in [0.15, 0.2) is 0 Å². The van der Waals surface area contributed by atoms with Crippen LogP contribution in [0.1, 0.15) is 39.9 Å². The van der Waals surface area contributed by atoms with Crippen LogP contribution in [0.2, 0.25) is 0 Å². The van der Waals surface area contributed by atoms with Crippen LogP contribution in [0.3, 0.4) is 0 Å². The largest absolute Gasteiger partial charge is 0.416 e. The summed E-state index contributed by atoms with van der Waals surface area (Å²) in [5, 5.41) is 9.26. The predicted molar refractivity (Wildman–Crippen MR) is 108 cm³/mol. The molecule has 0 spiro atoms. The van der Waals surface area contributed by atoms with E-state index >= 15 is 0 Å². The first-order valence-electron chi connectivity index (χ1n) is 8.54. The van der Waals surface area contributed by atoms with E-state index < -0.39 is 0 Å². The number of fused-ring (bicyclic) bond motifs is 1. The van der Waals surface area contributed by atoms with Crippen molar-refractivity contribution in [2.75, 3.05) is 0 Å². The molecule has 4 rings (SSSR count). The summed E-state index contributed by atoms with van der Waals surface area (Å²) in [6.07, 6.45) is 0.595. The van der Waals surface area contributed by atoms with Gasteiger partial charge >= 0.3 is 0 Å². The molecule has 138 valence electrons. The lowest BCUT2D eigenvalue weighted by Crippen LogP contribution is -2.12. The minimum absolute atomic E-state index is 0.0976. The summed E-state index contributed by atoms with van der Waals surface area (Å²) in [5.41, 5.74) is 2.02. The first kappa shape index (κ1) is 17.9. The Morgan fingerprint density at radius 3 is 2.78 bits per heavy atom. The van der Waals surface area contributed by atoms with Crippen LogP contribution in [0.25, 0.3) is 10.2 Å². The molecule has 0 radical (unpaired) electrons. The van der Waals surface area contributed by atoms with E-state index in [1.807, 2.05) is 51.1 Å². The highest BCUT2D eigenvalue weighted by Gasteiger charge is 2.18. The van der Waals surface area contributed by atoms with E-state index in [1.165, 1.54) is 11.8 Å². The average Bonchev–Trinajstić information content (AvgIpc) is 3.20. The number of aromatic amines is 1. The van der Waals surface area contributed by atoms with Gasteiger partial charge < -0.3 is 9.40 Å². The van der Waals surface area contributed by atoms with Crippen LogP contribution >= 0.6 is 23.1 Å². The molecule has 0 bridgehead atoms. The lowest BCUT2D eigenvalue weighted by molar-refractivity contribution is 0.419. The molecule has 3 heterocycles. The summed E-state index contributed by atoms with van der Waals surface area (Å²) >= 11 is 2.93. The summed E-state index contributed by atoms with van der Waals surface area (Å²) in [7, 11) is 0. The summed E-state index contributed by atoms with van der Waals surface area (Å²) in [6, 6.07) is 9.98. The van der Waals surface area contributed by atoms with E-state index in [0.29, 0.717) is 28.7 Å². The van der Waals surface area contributed by atoms with Crippen molar-refractivity contribution in [3.8, 4) is 0 Å². The van der Waals surface area contributed by atoms with Gasteiger partial charge in [-0.3, -0.25) is 4.79 Å². The third-order valence-electron chi connectivity index (χ3n) is 4.37. The van der Waals surface area contributed by atoms with E-state index in [2.05, 4.69) is 20.2 Å². The van der Waals surface area contributed by atoms with Gasteiger partial charge in [-0.15, -0.1) is 21.5 Å². The molecule has 0 saturated carbocycles. The SMILES string of the molecule is Cc1sc2nc([C@@H](C)Sc3nnc(Cc4ccccc4)o3)[nH]c(=O)c2c1C. The minimum atomic E-state index is -0.116. The molecule has 1 N–H and O–H groups in total. The zero-order valence-electron chi connectivity index (χ0n) is 15.1. The maximum absolute atomic E-state index is 12.4. The third kappa shape index (κ3) is 3.68. The van der Waals surface area contributed by atoms with Gasteiger partial charge in [-0.1, -0.05) is 42.1 Å². The molecule has 0 aliphatic rings. The van der Waals surface area contributed by atoms with Crippen LogP contribution in [0, 0.1) is 13.8 Å². The van der Waals surface area contributed by atoms with Crippen LogP contribution in [-0.4, -0.2) is 20.2 Å². The Kier molecular flexibility index (Phi) is 4.84. The molecule has 3 aromatic heterocycles. The van der Waals surface area contributed by atoms with E-state index in [9.17, 15) is 4.79 Å². The Hall–Kier alpha value is -2.45. The molecule has 6 nitrogen and oxygen atoms in total. The topological polar surface area (TPSA) is 84.7 Å². The lowest BCUT2D eigenvalue weighted by Gasteiger charge is -2.07. The predicted octanol–water partition coefficient (Wildman–Crippen LogP) is 4.43. The molecule has 0 aliphatic heterocycles. The van der Waals surface area contributed by atoms with Crippen molar-refractivity contribution in [3.63, 3.8) is 0 Å². The summed E-state index contributed by atoms with van der Waals surface area (Å²) < 4.78 is 5.74. The van der Waals surface area contributed by atoms with Gasteiger partial charge in [0.1, 0.15) is 10.7 Å². The fraction of sp³-hybridized carbons (Fsp3) is 0.263. The molecule has 1 aromatic carbocycles. The number of nitrogens with one attached hydrogen (secondary N) is 1. The number of H-pyrrole nitrogens is 1. The number of rotatable bonds is 5. The number of thioether (sulfide) groups is 1. The first-order valence-corrected chi connectivity index (χ1v) is 10.2. The number of aromatic nitrogens is 4. The molecule has 8 heteroatoms. The van der Waals surface area contributed by atoms with Crippen molar-refractivity contribution < 1.29 is 4.42 Å². The van der Waals surface area contributed by atoms with Crippen molar-refractivity contribution in [2.45, 2.75) is 37.7 Å². The number of benzene rings is 1. The monoisotopic (exact) mass is 398 g/mol. The van der Waals surface area contributed by atoms with Gasteiger partial charge in [0, 0.05) is 4.88 Å². The Balaban J connectivity index is 1.53. The average molecular weight is 399 g/mol. The van der Waals surface area contributed by atoms with Gasteiger partial charge in [-0.05, 0) is 31.9 Å². The van der Waals surface area contributed by atoms with Gasteiger partial charge in [-0.2, -0.15) is 0 Å². The summed E-state index contributed by atoms with van der Waals surface area (Å²) in [4.78, 5) is 21.9. The highest BCUT2D eigenvalue weighted by Crippen LogP contribution is 2.33. The van der Waals surface area contributed by atoms with E-state index in [-0.39, 0.29) is 10.8 Å². The first-order chi connectivity index (χ1) is 13.0. The molecule has 1 atom stereocenters. The smallest absolute Gasteiger partial charge is 0.277 e. The highest BCUT2D eigenvalue weighted by atomic mass is 32.2. The minimum Gasteiger partial charge on any atom is -0.416 e. The van der Waals surface area contributed by atoms with Crippen molar-refractivity contribution in [1.29, 1.82) is 0 Å². The Morgan fingerprint density at radius 1 is 1.22 bits per heavy atom. The highest BCUT2D eigenvalue weighted by molar-refractivity contribution is 7.99. The molecule has 0 aliphatic carbocycles. The van der Waals surface area contributed by atoms with Gasteiger partial charge in [0.2, 0.25) is 5.89 Å². The Labute approximate surface area is 164 Å². The summed E-state index contributed by atoms with van der Waals surface area (Å²) in [5.74, 6) is 1.18. The molecule has 4 aromatic rings. The molecule has 0 unspecified atom stereocenters. The maximum Gasteiger partial charge on any atom is 0.277 e. The second-order valence-corrected chi connectivity index (χ2v) is 8.79. The molecule has 27 heavy (non-hydrogen) atoms. The lowest BCUT2D eigenvalue weighted by atomic mass is 10.2. The van der Waals surface area contributed by atoms with Gasteiger partial charge in [-0.25, -0.2) is 4.98 Å². The zero-order chi connectivity index (χ0) is 19.0. The van der Waals surface area contributed by atoms with Crippen LogP contribution < -0.4 is 5.56 Å². The second-order valence-electron chi connectivity index (χ2n) is 6.30. The fourth-order valence-electron chi connectivity index (χ4n) is 2.80. The van der Waals surface area contributed by atoms with Crippen molar-refractivity contribution in [3.05, 3.63) is 68.4 Å². The Morgan fingerprint density at radius 2 is 2.00 bits per heavy atom. The number of aryl methyl sites for hydroxylation is 2. The molecular formula is C19H18N4O2S2. The number of thiophene rings is 1. The standard InChI is InChI=1S/C19H18N4O2S2/c1-10-11(2)26-18-15(10)17(24)20-16(21-18)12(3)27-19-23-22-14(25-19)9-13-7-5-4-6-8-13/h4-8,12H,9H2,1-3H3,(H,20,21,24)/t12-/m1/s1. The Bertz CT molecular complexity index is 1150. The van der Waals surface area contributed by atoms with Crippen LogP contribution in [0.4, 0.5) is 0 Å². The van der Waals surface area contributed by atoms with E-state index in [1.54, 1.807) is 11.3 Å². The van der Waals surface area contributed by atoms with Gasteiger partial charge in [0.05, 0.1) is 17.1 Å². The molecule has 0 saturated heterocycles. The number of hydrogen-bond acceptors (Lipinski definition) is 7. The van der Waals surface area contributed by atoms with E-state index in [4.69, 9.17) is 4.42 Å². The normalized spacial score (nSPS) is 12.6. The third-order valence-corrected chi connectivity index (χ3v) is 6.41. The number of hydrogen-bond donors (Lipinski definition) is 1.